The van der Waals surface area contributed by atoms with E-state index in [9.17, 15) is 19.7 Å². The predicted octanol–water partition coefficient (Wildman–Crippen LogP) is 0.558. The fourth-order valence-electron chi connectivity index (χ4n) is 1.29. The summed E-state index contributed by atoms with van der Waals surface area (Å²) in [5.74, 6) is -1.33. The summed E-state index contributed by atoms with van der Waals surface area (Å²) in [6.45, 7) is 1.68. The maximum atomic E-state index is 11.8. The highest BCUT2D eigenvalue weighted by molar-refractivity contribution is 5.94. The van der Waals surface area contributed by atoms with Crippen molar-refractivity contribution >= 4 is 17.7 Å². The van der Waals surface area contributed by atoms with Gasteiger partial charge in [-0.25, -0.2) is 4.98 Å². The summed E-state index contributed by atoms with van der Waals surface area (Å²) in [5, 5.41) is 10.4. The van der Waals surface area contributed by atoms with Crippen molar-refractivity contribution in [2.45, 2.75) is 6.92 Å². The average Bonchev–Trinajstić information content (AvgIpc) is 2.77. The average molecular weight is 255 g/mol. The van der Waals surface area contributed by atoms with Gasteiger partial charge in [-0.05, 0) is 17.9 Å². The number of likely N-dealkylation sites (N-methyl/N-ethyl adjacent to an activating group) is 1. The van der Waals surface area contributed by atoms with Crippen molar-refractivity contribution in [2.75, 3.05) is 20.2 Å². The normalized spacial score (nSPS) is 9.89. The van der Waals surface area contributed by atoms with E-state index in [4.69, 9.17) is 4.74 Å². The summed E-state index contributed by atoms with van der Waals surface area (Å²) in [7, 11) is 1.41. The summed E-state index contributed by atoms with van der Waals surface area (Å²) in [6.07, 6.45) is 0. The number of rotatable bonds is 5. The summed E-state index contributed by atoms with van der Waals surface area (Å²) in [4.78, 5) is 36.2. The molecule has 1 aromatic heterocycles. The molecule has 1 N–H and O–H groups in total. The molecule has 8 heteroatoms. The standard InChI is InChI=1S/C10H13N3O5/c1-3-18-9(14)6-12(2)10(15)7-4-5-8(11-7)13(16)17/h4-5,11H,3,6H2,1-2H3. The van der Waals surface area contributed by atoms with Gasteiger partial charge in [-0.15, -0.1) is 0 Å². The van der Waals surface area contributed by atoms with Crippen LogP contribution >= 0.6 is 0 Å². The van der Waals surface area contributed by atoms with E-state index in [1.165, 1.54) is 19.2 Å². The first-order valence-electron chi connectivity index (χ1n) is 5.20. The molecule has 0 aromatic carbocycles. The molecule has 0 aliphatic rings. The van der Waals surface area contributed by atoms with Crippen molar-refractivity contribution in [3.63, 3.8) is 0 Å². The van der Waals surface area contributed by atoms with Crippen LogP contribution in [0.5, 0.6) is 0 Å². The van der Waals surface area contributed by atoms with Crippen molar-refractivity contribution < 1.29 is 19.2 Å². The molecule has 1 aromatic rings. The molecule has 18 heavy (non-hydrogen) atoms. The number of hydrogen-bond donors (Lipinski definition) is 1. The molecule has 0 radical (unpaired) electrons. The maximum Gasteiger partial charge on any atom is 0.325 e. The fraction of sp³-hybridized carbons (Fsp3) is 0.400. The zero-order valence-electron chi connectivity index (χ0n) is 10.0. The van der Waals surface area contributed by atoms with Gasteiger partial charge in [-0.3, -0.25) is 9.59 Å². The van der Waals surface area contributed by atoms with Crippen LogP contribution in [0, 0.1) is 10.1 Å². The topological polar surface area (TPSA) is 106 Å². The summed E-state index contributed by atoms with van der Waals surface area (Å²) in [6, 6.07) is 2.48. The molecule has 98 valence electrons. The third-order valence-corrected chi connectivity index (χ3v) is 2.12. The van der Waals surface area contributed by atoms with Gasteiger partial charge in [0, 0.05) is 13.1 Å². The number of amides is 1. The molecular formula is C10H13N3O5. The lowest BCUT2D eigenvalue weighted by atomic mass is 10.4. The van der Waals surface area contributed by atoms with Gasteiger partial charge in [0.25, 0.3) is 5.91 Å². The number of ether oxygens (including phenoxy) is 1. The lowest BCUT2D eigenvalue weighted by molar-refractivity contribution is -0.389. The van der Waals surface area contributed by atoms with Gasteiger partial charge in [0.15, 0.2) is 5.69 Å². The summed E-state index contributed by atoms with van der Waals surface area (Å²) < 4.78 is 4.69. The first kappa shape index (κ1) is 13.7. The van der Waals surface area contributed by atoms with Gasteiger partial charge in [-0.2, -0.15) is 0 Å². The highest BCUT2D eigenvalue weighted by Crippen LogP contribution is 2.11. The van der Waals surface area contributed by atoms with Crippen LogP contribution in [0.3, 0.4) is 0 Å². The number of nitrogens with one attached hydrogen (secondary N) is 1. The van der Waals surface area contributed by atoms with Crippen LogP contribution in [0.25, 0.3) is 0 Å². The molecule has 1 rings (SSSR count). The first-order chi connectivity index (χ1) is 8.45. The van der Waals surface area contributed by atoms with E-state index in [-0.39, 0.29) is 24.7 Å². The second kappa shape index (κ2) is 5.80. The smallest absolute Gasteiger partial charge is 0.325 e. The van der Waals surface area contributed by atoms with Crippen LogP contribution in [0.15, 0.2) is 12.1 Å². The molecule has 0 unspecified atom stereocenters. The van der Waals surface area contributed by atoms with Crippen molar-refractivity contribution in [3.8, 4) is 0 Å². The Morgan fingerprint density at radius 1 is 1.50 bits per heavy atom. The molecule has 1 amide bonds. The molecule has 0 spiro atoms. The van der Waals surface area contributed by atoms with Crippen molar-refractivity contribution in [1.29, 1.82) is 0 Å². The number of H-pyrrole nitrogens is 1. The SMILES string of the molecule is CCOC(=O)CN(C)C(=O)c1ccc([N+](=O)[O-])[nH]1. The molecular weight excluding hydrogens is 242 g/mol. The highest BCUT2D eigenvalue weighted by Gasteiger charge is 2.20. The third-order valence-electron chi connectivity index (χ3n) is 2.12. The van der Waals surface area contributed by atoms with Crippen LogP contribution in [-0.2, 0) is 9.53 Å². The van der Waals surface area contributed by atoms with Gasteiger partial charge in [0.1, 0.15) is 6.54 Å². The Morgan fingerprint density at radius 2 is 2.17 bits per heavy atom. The number of hydrogen-bond acceptors (Lipinski definition) is 5. The molecule has 8 nitrogen and oxygen atoms in total. The van der Waals surface area contributed by atoms with E-state index in [0.717, 1.165) is 4.90 Å². The molecule has 0 atom stereocenters. The number of esters is 1. The van der Waals surface area contributed by atoms with E-state index in [0.29, 0.717) is 0 Å². The molecule has 0 saturated carbocycles. The Labute approximate surface area is 103 Å². The van der Waals surface area contributed by atoms with Gasteiger partial charge in [-0.1, -0.05) is 0 Å². The molecule has 0 saturated heterocycles. The first-order valence-corrected chi connectivity index (χ1v) is 5.20. The largest absolute Gasteiger partial charge is 0.465 e. The minimum absolute atomic E-state index is 0.0495. The second-order valence-electron chi connectivity index (χ2n) is 3.48. The van der Waals surface area contributed by atoms with Crippen LogP contribution in [0.1, 0.15) is 17.4 Å². The number of nitro groups is 1. The minimum Gasteiger partial charge on any atom is -0.465 e. The number of carbonyl (C=O) groups excluding carboxylic acids is 2. The molecule has 0 aliphatic carbocycles. The molecule has 0 fully saturated rings. The van der Waals surface area contributed by atoms with Gasteiger partial charge in [0.05, 0.1) is 6.61 Å². The van der Waals surface area contributed by atoms with E-state index in [1.54, 1.807) is 6.92 Å². The molecule has 0 aliphatic heterocycles. The zero-order valence-corrected chi connectivity index (χ0v) is 10.0. The van der Waals surface area contributed by atoms with E-state index >= 15 is 0 Å². The quantitative estimate of drug-likeness (QED) is 0.470. The Bertz CT molecular complexity index is 468. The Kier molecular flexibility index (Phi) is 4.41. The van der Waals surface area contributed by atoms with Crippen molar-refractivity contribution in [3.05, 3.63) is 27.9 Å². The van der Waals surface area contributed by atoms with Gasteiger partial charge < -0.3 is 19.8 Å². The maximum absolute atomic E-state index is 11.8. The number of aromatic nitrogens is 1. The zero-order chi connectivity index (χ0) is 13.7. The van der Waals surface area contributed by atoms with E-state index in [1.807, 2.05) is 0 Å². The van der Waals surface area contributed by atoms with Crippen LogP contribution in [0.2, 0.25) is 0 Å². The number of nitrogens with zero attached hydrogens (tertiary/aromatic N) is 2. The molecule has 1 heterocycles. The Morgan fingerprint density at radius 3 is 2.67 bits per heavy atom. The van der Waals surface area contributed by atoms with Crippen LogP contribution in [-0.4, -0.2) is 46.9 Å². The number of aromatic amines is 1. The Balaban J connectivity index is 2.68. The number of carbonyl (C=O) groups is 2. The summed E-state index contributed by atoms with van der Waals surface area (Å²) >= 11 is 0. The van der Waals surface area contributed by atoms with Gasteiger partial charge in [0.2, 0.25) is 0 Å². The van der Waals surface area contributed by atoms with Crippen molar-refractivity contribution in [2.24, 2.45) is 0 Å². The van der Waals surface area contributed by atoms with Crippen molar-refractivity contribution in [1.82, 2.24) is 9.88 Å². The van der Waals surface area contributed by atoms with E-state index < -0.39 is 16.8 Å². The fourth-order valence-corrected chi connectivity index (χ4v) is 1.29. The van der Waals surface area contributed by atoms with Gasteiger partial charge >= 0.3 is 11.8 Å². The van der Waals surface area contributed by atoms with Crippen LogP contribution in [0.4, 0.5) is 5.82 Å². The monoisotopic (exact) mass is 255 g/mol. The van der Waals surface area contributed by atoms with E-state index in [2.05, 4.69) is 4.98 Å². The Hall–Kier alpha value is -2.38. The summed E-state index contributed by atoms with van der Waals surface area (Å²) in [5.41, 5.74) is 0.0495. The predicted molar refractivity (Wildman–Crippen MR) is 61.0 cm³/mol. The lowest BCUT2D eigenvalue weighted by Gasteiger charge is -2.13. The van der Waals surface area contributed by atoms with Crippen LogP contribution < -0.4 is 0 Å². The highest BCUT2D eigenvalue weighted by atomic mass is 16.6. The molecule has 0 bridgehead atoms. The lowest BCUT2D eigenvalue weighted by Crippen LogP contribution is -2.33. The third kappa shape index (κ3) is 3.30. The minimum atomic E-state index is -0.637. The second-order valence-corrected chi connectivity index (χ2v) is 3.48.